The molecule has 0 N–H and O–H groups in total. The van der Waals surface area contributed by atoms with Gasteiger partial charge in [0, 0.05) is 50.5 Å². The fraction of sp³-hybridized carbons (Fsp3) is 0.316. The minimum absolute atomic E-state index is 0.0782. The van der Waals surface area contributed by atoms with Crippen molar-refractivity contribution >= 4 is 11.5 Å². The van der Waals surface area contributed by atoms with Crippen LogP contribution in [0, 0.1) is 5.92 Å². The summed E-state index contributed by atoms with van der Waals surface area (Å²) in [5, 5.41) is 13.3. The average Bonchev–Trinajstić information content (AvgIpc) is 3.41. The zero-order valence-electron chi connectivity index (χ0n) is 15.3. The molecule has 4 aromatic rings. The zero-order valence-corrected chi connectivity index (χ0v) is 15.3. The van der Waals surface area contributed by atoms with Crippen molar-refractivity contribution in [3.63, 3.8) is 0 Å². The molecule has 0 amide bonds. The molecule has 0 aromatic carbocycles. The van der Waals surface area contributed by atoms with Crippen molar-refractivity contribution in [2.75, 3.05) is 18.0 Å². The number of hydrogen-bond donors (Lipinski definition) is 0. The number of fused-ring (bicyclic) bond motifs is 1. The van der Waals surface area contributed by atoms with Gasteiger partial charge in [-0.05, 0) is 43.0 Å². The highest BCUT2D eigenvalue weighted by molar-refractivity contribution is 5.45. The Bertz CT molecular complexity index is 1140. The fourth-order valence-electron chi connectivity index (χ4n) is 3.66. The van der Waals surface area contributed by atoms with E-state index in [0.717, 1.165) is 37.4 Å². The van der Waals surface area contributed by atoms with Crippen LogP contribution in [0.4, 0.5) is 5.82 Å². The number of nitrogens with zero attached hydrogens (tertiary/aromatic N) is 8. The normalized spacial score (nSPS) is 15.4. The van der Waals surface area contributed by atoms with Gasteiger partial charge in [0.15, 0.2) is 11.5 Å². The number of rotatable bonds is 4. The van der Waals surface area contributed by atoms with E-state index in [-0.39, 0.29) is 5.56 Å². The Morgan fingerprint density at radius 2 is 1.82 bits per heavy atom. The Balaban J connectivity index is 1.27. The molecule has 0 aliphatic carbocycles. The summed E-state index contributed by atoms with van der Waals surface area (Å²) in [7, 11) is 0. The van der Waals surface area contributed by atoms with Crippen LogP contribution in [0.15, 0.2) is 59.9 Å². The van der Waals surface area contributed by atoms with E-state index in [1.54, 1.807) is 38.4 Å². The van der Waals surface area contributed by atoms with Crippen LogP contribution in [-0.4, -0.2) is 47.2 Å². The Labute approximate surface area is 160 Å². The van der Waals surface area contributed by atoms with E-state index in [0.29, 0.717) is 18.3 Å². The number of hydrogen-bond acceptors (Lipinski definition) is 6. The van der Waals surface area contributed by atoms with E-state index in [4.69, 9.17) is 0 Å². The van der Waals surface area contributed by atoms with E-state index >= 15 is 0 Å². The minimum atomic E-state index is -0.0782. The standard InChI is InChI=1S/C19H20N8O/c28-19-5-4-18(25-10-1-8-21-25)23-27(19)14-15-6-11-24(12-7-15)17-3-2-16-20-9-13-26(16)22-17/h1-5,8-10,13,15H,6-7,11-12,14H2. The largest absolute Gasteiger partial charge is 0.355 e. The van der Waals surface area contributed by atoms with Gasteiger partial charge < -0.3 is 4.90 Å². The number of imidazole rings is 1. The first-order chi connectivity index (χ1) is 13.8. The molecule has 5 rings (SSSR count). The van der Waals surface area contributed by atoms with Crippen molar-refractivity contribution in [3.05, 3.63) is 65.5 Å². The summed E-state index contributed by atoms with van der Waals surface area (Å²) >= 11 is 0. The van der Waals surface area contributed by atoms with Gasteiger partial charge in [0.1, 0.15) is 5.82 Å². The Hall–Kier alpha value is -3.49. The highest BCUT2D eigenvalue weighted by Gasteiger charge is 2.21. The quantitative estimate of drug-likeness (QED) is 0.535. The Morgan fingerprint density at radius 3 is 2.64 bits per heavy atom. The molecular weight excluding hydrogens is 356 g/mol. The molecule has 9 nitrogen and oxygen atoms in total. The van der Waals surface area contributed by atoms with E-state index < -0.39 is 0 Å². The molecule has 0 spiro atoms. The smallest absolute Gasteiger partial charge is 0.266 e. The SMILES string of the molecule is O=c1ccc(-n2cccn2)nn1CC1CCN(c2ccc3nccn3n2)CC1. The van der Waals surface area contributed by atoms with Gasteiger partial charge in [0.05, 0.1) is 0 Å². The van der Waals surface area contributed by atoms with Crippen LogP contribution < -0.4 is 10.5 Å². The molecule has 1 fully saturated rings. The molecule has 0 radical (unpaired) electrons. The van der Waals surface area contributed by atoms with Crippen LogP contribution in [0.25, 0.3) is 11.5 Å². The van der Waals surface area contributed by atoms with Gasteiger partial charge >= 0.3 is 0 Å². The first-order valence-electron chi connectivity index (χ1n) is 9.40. The highest BCUT2D eigenvalue weighted by Crippen LogP contribution is 2.22. The maximum atomic E-state index is 12.2. The predicted octanol–water partition coefficient (Wildman–Crippen LogP) is 1.39. The van der Waals surface area contributed by atoms with Crippen LogP contribution in [-0.2, 0) is 6.54 Å². The first-order valence-corrected chi connectivity index (χ1v) is 9.40. The van der Waals surface area contributed by atoms with Gasteiger partial charge in [-0.25, -0.2) is 18.9 Å². The number of anilines is 1. The van der Waals surface area contributed by atoms with Crippen LogP contribution in [0.3, 0.4) is 0 Å². The number of piperidine rings is 1. The van der Waals surface area contributed by atoms with E-state index in [1.807, 2.05) is 30.6 Å². The predicted molar refractivity (Wildman–Crippen MR) is 104 cm³/mol. The van der Waals surface area contributed by atoms with Crippen molar-refractivity contribution in [1.29, 1.82) is 0 Å². The summed E-state index contributed by atoms with van der Waals surface area (Å²) < 4.78 is 5.02. The third-order valence-corrected chi connectivity index (χ3v) is 5.20. The van der Waals surface area contributed by atoms with Crippen LogP contribution in [0.1, 0.15) is 12.8 Å². The second-order valence-electron chi connectivity index (χ2n) is 7.01. The summed E-state index contributed by atoms with van der Waals surface area (Å²) in [5.41, 5.74) is 0.770. The molecule has 0 saturated carbocycles. The molecule has 9 heteroatoms. The van der Waals surface area contributed by atoms with Gasteiger partial charge in [-0.2, -0.15) is 5.10 Å². The van der Waals surface area contributed by atoms with Crippen molar-refractivity contribution in [2.45, 2.75) is 19.4 Å². The van der Waals surface area contributed by atoms with Gasteiger partial charge in [-0.3, -0.25) is 4.79 Å². The molecule has 1 aliphatic rings. The lowest BCUT2D eigenvalue weighted by atomic mass is 9.97. The molecule has 0 bridgehead atoms. The van der Waals surface area contributed by atoms with E-state index in [2.05, 4.69) is 25.2 Å². The molecule has 1 aliphatic heterocycles. The molecule has 1 saturated heterocycles. The van der Waals surface area contributed by atoms with Gasteiger partial charge in [-0.1, -0.05) is 0 Å². The highest BCUT2D eigenvalue weighted by atomic mass is 16.1. The van der Waals surface area contributed by atoms with Gasteiger partial charge in [-0.15, -0.1) is 10.2 Å². The second kappa shape index (κ2) is 6.91. The molecule has 0 atom stereocenters. The number of aromatic nitrogens is 7. The van der Waals surface area contributed by atoms with Crippen LogP contribution >= 0.6 is 0 Å². The summed E-state index contributed by atoms with van der Waals surface area (Å²) in [6.07, 6.45) is 9.10. The van der Waals surface area contributed by atoms with Crippen LogP contribution in [0.5, 0.6) is 0 Å². The topological polar surface area (TPSA) is 86.1 Å². The lowest BCUT2D eigenvalue weighted by molar-refractivity contribution is 0.333. The lowest BCUT2D eigenvalue weighted by Crippen LogP contribution is -2.37. The molecule has 4 aromatic heterocycles. The molecular formula is C19H20N8O. The monoisotopic (exact) mass is 376 g/mol. The summed E-state index contributed by atoms with van der Waals surface area (Å²) in [6, 6.07) is 9.10. The molecule has 142 valence electrons. The minimum Gasteiger partial charge on any atom is -0.355 e. The van der Waals surface area contributed by atoms with Crippen molar-refractivity contribution in [3.8, 4) is 5.82 Å². The summed E-state index contributed by atoms with van der Waals surface area (Å²) in [4.78, 5) is 18.8. The Morgan fingerprint density at radius 1 is 0.964 bits per heavy atom. The molecule has 0 unspecified atom stereocenters. The van der Waals surface area contributed by atoms with Crippen molar-refractivity contribution in [2.24, 2.45) is 5.92 Å². The summed E-state index contributed by atoms with van der Waals surface area (Å²) in [5.74, 6) is 2.02. The third kappa shape index (κ3) is 3.15. The zero-order chi connectivity index (χ0) is 18.9. The van der Waals surface area contributed by atoms with Gasteiger partial charge in [0.25, 0.3) is 5.56 Å². The summed E-state index contributed by atoms with van der Waals surface area (Å²) in [6.45, 7) is 2.44. The maximum Gasteiger partial charge on any atom is 0.266 e. The molecule has 5 heterocycles. The van der Waals surface area contributed by atoms with Gasteiger partial charge in [0.2, 0.25) is 0 Å². The van der Waals surface area contributed by atoms with E-state index in [9.17, 15) is 4.79 Å². The fourth-order valence-corrected chi connectivity index (χ4v) is 3.66. The second-order valence-corrected chi connectivity index (χ2v) is 7.01. The van der Waals surface area contributed by atoms with Crippen molar-refractivity contribution < 1.29 is 0 Å². The third-order valence-electron chi connectivity index (χ3n) is 5.20. The first kappa shape index (κ1) is 16.7. The molecule has 28 heavy (non-hydrogen) atoms. The van der Waals surface area contributed by atoms with Crippen molar-refractivity contribution in [1.82, 2.24) is 34.2 Å². The van der Waals surface area contributed by atoms with E-state index in [1.165, 1.54) is 0 Å². The Kier molecular flexibility index (Phi) is 4.12. The average molecular weight is 376 g/mol. The lowest BCUT2D eigenvalue weighted by Gasteiger charge is -2.32. The maximum absolute atomic E-state index is 12.2. The van der Waals surface area contributed by atoms with Crippen LogP contribution in [0.2, 0.25) is 0 Å².